The van der Waals surface area contributed by atoms with Crippen molar-refractivity contribution in [1.82, 2.24) is 25.9 Å². The van der Waals surface area contributed by atoms with Gasteiger partial charge in [0, 0.05) is 15.9 Å². The third-order valence-corrected chi connectivity index (χ3v) is 4.50. The molecule has 8 heteroatoms. The fourth-order valence-electron chi connectivity index (χ4n) is 1.18. The molecule has 2 rings (SSSR count). The van der Waals surface area contributed by atoms with Crippen LogP contribution in [0.2, 0.25) is 4.34 Å². The van der Waals surface area contributed by atoms with Crippen molar-refractivity contribution in [2.75, 3.05) is 0 Å². The van der Waals surface area contributed by atoms with Crippen LogP contribution >= 0.6 is 38.9 Å². The summed E-state index contributed by atoms with van der Waals surface area (Å²) in [6, 6.07) is 2.06. The molecule has 0 saturated carbocycles. The lowest BCUT2D eigenvalue weighted by atomic mass is 10.3. The number of H-pyrrole nitrogens is 1. The summed E-state index contributed by atoms with van der Waals surface area (Å²) >= 11 is 10.9. The Labute approximate surface area is 110 Å². The summed E-state index contributed by atoms with van der Waals surface area (Å²) in [7, 11) is 0. The van der Waals surface area contributed by atoms with E-state index in [1.165, 1.54) is 0 Å². The quantitative estimate of drug-likeness (QED) is 0.908. The van der Waals surface area contributed by atoms with Crippen LogP contribution < -0.4 is 5.32 Å². The largest absolute Gasteiger partial charge is 0.302 e. The molecule has 1 atom stereocenters. The van der Waals surface area contributed by atoms with Crippen LogP contribution in [0.3, 0.4) is 0 Å². The molecule has 0 aliphatic carbocycles. The van der Waals surface area contributed by atoms with Gasteiger partial charge in [0.25, 0.3) is 0 Å². The highest BCUT2D eigenvalue weighted by Gasteiger charge is 2.10. The van der Waals surface area contributed by atoms with Crippen LogP contribution in [0.15, 0.2) is 10.5 Å². The first kappa shape index (κ1) is 12.0. The maximum absolute atomic E-state index is 5.95. The van der Waals surface area contributed by atoms with E-state index < -0.39 is 0 Å². The number of hydrogen-bond acceptors (Lipinski definition) is 5. The van der Waals surface area contributed by atoms with Gasteiger partial charge in [0.15, 0.2) is 5.82 Å². The van der Waals surface area contributed by atoms with Crippen molar-refractivity contribution in [2.45, 2.75) is 19.5 Å². The highest BCUT2D eigenvalue weighted by molar-refractivity contribution is 9.10. The number of nitrogens with one attached hydrogen (secondary N) is 2. The Balaban J connectivity index is 1.92. The minimum atomic E-state index is 0.0541. The molecule has 2 N–H and O–H groups in total. The van der Waals surface area contributed by atoms with Crippen LogP contribution in [0.1, 0.15) is 23.7 Å². The summed E-state index contributed by atoms with van der Waals surface area (Å²) in [5.74, 6) is 0.654. The van der Waals surface area contributed by atoms with Crippen molar-refractivity contribution in [3.63, 3.8) is 0 Å². The van der Waals surface area contributed by atoms with Gasteiger partial charge in [0.05, 0.1) is 6.04 Å². The summed E-state index contributed by atoms with van der Waals surface area (Å²) in [4.78, 5) is 1.16. The van der Waals surface area contributed by atoms with Gasteiger partial charge in [-0.2, -0.15) is 5.21 Å². The standard InChI is InChI=1S/C8H9BrClN5S/c1-4(8-12-14-15-13-8)11-3-5-2-6(9)7(10)16-5/h2,4,11H,3H2,1H3,(H,12,13,14,15). The SMILES string of the molecule is CC(NCc1cc(Br)c(Cl)s1)c1nn[nH]n1. The molecular formula is C8H9BrClN5S. The summed E-state index contributed by atoms with van der Waals surface area (Å²) in [6.07, 6.45) is 0. The zero-order valence-corrected chi connectivity index (χ0v) is 11.5. The summed E-state index contributed by atoms with van der Waals surface area (Å²) in [5, 5.41) is 17.0. The Kier molecular flexibility index (Phi) is 3.91. The summed E-state index contributed by atoms with van der Waals surface area (Å²) in [5.41, 5.74) is 0. The third-order valence-electron chi connectivity index (χ3n) is 2.03. The minimum Gasteiger partial charge on any atom is -0.302 e. The van der Waals surface area contributed by atoms with Crippen molar-refractivity contribution < 1.29 is 0 Å². The van der Waals surface area contributed by atoms with E-state index in [-0.39, 0.29) is 6.04 Å². The topological polar surface area (TPSA) is 66.5 Å². The second kappa shape index (κ2) is 5.22. The molecule has 16 heavy (non-hydrogen) atoms. The second-order valence-electron chi connectivity index (χ2n) is 3.21. The molecule has 0 fully saturated rings. The Hall–Kier alpha value is -0.500. The molecule has 0 aliphatic heterocycles. The number of aromatic nitrogens is 4. The molecule has 1 unspecified atom stereocenters. The van der Waals surface area contributed by atoms with Gasteiger partial charge < -0.3 is 5.32 Å². The zero-order chi connectivity index (χ0) is 11.5. The number of thiophene rings is 1. The maximum atomic E-state index is 5.95. The molecule has 0 aliphatic rings. The predicted molar refractivity (Wildman–Crippen MR) is 66.5 cm³/mol. The molecule has 0 aromatic carbocycles. The van der Waals surface area contributed by atoms with Crippen LogP contribution in [0, 0.1) is 0 Å². The van der Waals surface area contributed by atoms with E-state index in [0.29, 0.717) is 5.82 Å². The summed E-state index contributed by atoms with van der Waals surface area (Å²) in [6.45, 7) is 2.71. The van der Waals surface area contributed by atoms with Gasteiger partial charge in [-0.1, -0.05) is 16.8 Å². The van der Waals surface area contributed by atoms with Crippen molar-refractivity contribution in [3.05, 3.63) is 25.6 Å². The van der Waals surface area contributed by atoms with E-state index in [9.17, 15) is 0 Å². The normalized spacial score (nSPS) is 12.9. The molecule has 2 aromatic rings. The highest BCUT2D eigenvalue weighted by atomic mass is 79.9. The molecule has 2 aromatic heterocycles. The average Bonchev–Trinajstić information content (AvgIpc) is 2.86. The molecule has 0 spiro atoms. The van der Waals surface area contributed by atoms with Crippen molar-refractivity contribution in [3.8, 4) is 0 Å². The lowest BCUT2D eigenvalue weighted by Crippen LogP contribution is -2.18. The molecule has 5 nitrogen and oxygen atoms in total. The Bertz CT molecular complexity index is 437. The van der Waals surface area contributed by atoms with Gasteiger partial charge in [-0.05, 0) is 28.9 Å². The molecule has 0 saturated heterocycles. The molecule has 0 amide bonds. The van der Waals surface area contributed by atoms with E-state index in [1.54, 1.807) is 11.3 Å². The van der Waals surface area contributed by atoms with E-state index >= 15 is 0 Å². The van der Waals surface area contributed by atoms with Crippen LogP contribution in [-0.2, 0) is 6.54 Å². The van der Waals surface area contributed by atoms with Crippen LogP contribution in [0.25, 0.3) is 0 Å². The number of aromatic amines is 1. The first-order chi connectivity index (χ1) is 7.66. The van der Waals surface area contributed by atoms with Gasteiger partial charge in [-0.3, -0.25) is 0 Å². The number of nitrogens with zero attached hydrogens (tertiary/aromatic N) is 3. The van der Waals surface area contributed by atoms with Gasteiger partial charge in [0.1, 0.15) is 4.34 Å². The molecule has 2 heterocycles. The van der Waals surface area contributed by atoms with Gasteiger partial charge in [-0.25, -0.2) is 0 Å². The van der Waals surface area contributed by atoms with Crippen LogP contribution in [-0.4, -0.2) is 20.6 Å². The van der Waals surface area contributed by atoms with Crippen LogP contribution in [0.5, 0.6) is 0 Å². The van der Waals surface area contributed by atoms with Crippen molar-refractivity contribution in [1.29, 1.82) is 0 Å². The van der Waals surface area contributed by atoms with Gasteiger partial charge in [0.2, 0.25) is 0 Å². The first-order valence-corrected chi connectivity index (χ1v) is 6.56. The predicted octanol–water partition coefficient (Wildman–Crippen LogP) is 2.53. The number of hydrogen-bond donors (Lipinski definition) is 2. The van der Waals surface area contributed by atoms with E-state index in [4.69, 9.17) is 11.6 Å². The molecule has 86 valence electrons. The zero-order valence-electron chi connectivity index (χ0n) is 8.37. The Morgan fingerprint density at radius 3 is 3.06 bits per heavy atom. The Morgan fingerprint density at radius 1 is 1.69 bits per heavy atom. The molecular weight excluding hydrogens is 314 g/mol. The summed E-state index contributed by atoms with van der Waals surface area (Å²) < 4.78 is 1.70. The number of tetrazole rings is 1. The smallest absolute Gasteiger partial charge is 0.191 e. The van der Waals surface area contributed by atoms with E-state index in [0.717, 1.165) is 20.2 Å². The van der Waals surface area contributed by atoms with Crippen molar-refractivity contribution in [2.24, 2.45) is 0 Å². The monoisotopic (exact) mass is 321 g/mol. The fraction of sp³-hybridized carbons (Fsp3) is 0.375. The Morgan fingerprint density at radius 2 is 2.50 bits per heavy atom. The first-order valence-electron chi connectivity index (χ1n) is 4.57. The maximum Gasteiger partial charge on any atom is 0.191 e. The van der Waals surface area contributed by atoms with Crippen LogP contribution in [0.4, 0.5) is 0 Å². The van der Waals surface area contributed by atoms with E-state index in [2.05, 4.69) is 41.9 Å². The van der Waals surface area contributed by atoms with Crippen molar-refractivity contribution >= 4 is 38.9 Å². The lowest BCUT2D eigenvalue weighted by Gasteiger charge is -2.07. The minimum absolute atomic E-state index is 0.0541. The molecule has 0 radical (unpaired) electrons. The third kappa shape index (κ3) is 2.79. The lowest BCUT2D eigenvalue weighted by molar-refractivity contribution is 0.550. The number of rotatable bonds is 4. The van der Waals surface area contributed by atoms with Gasteiger partial charge >= 0.3 is 0 Å². The second-order valence-corrected chi connectivity index (χ2v) is 5.80. The van der Waals surface area contributed by atoms with E-state index in [1.807, 2.05) is 13.0 Å². The fourth-order valence-corrected chi connectivity index (χ4v) is 2.92. The molecule has 0 bridgehead atoms. The number of halogens is 2. The average molecular weight is 323 g/mol. The van der Waals surface area contributed by atoms with Gasteiger partial charge in [-0.15, -0.1) is 21.5 Å². The highest BCUT2D eigenvalue weighted by Crippen LogP contribution is 2.32.